The Labute approximate surface area is 198 Å². The first-order chi connectivity index (χ1) is 15.6. The van der Waals surface area contributed by atoms with Crippen molar-refractivity contribution in [3.05, 3.63) is 70.3 Å². The van der Waals surface area contributed by atoms with E-state index in [2.05, 4.69) is 11.1 Å². The van der Waals surface area contributed by atoms with Crippen molar-refractivity contribution < 1.29 is 22.3 Å². The van der Waals surface area contributed by atoms with Crippen LogP contribution in [-0.4, -0.2) is 26.3 Å². The van der Waals surface area contributed by atoms with Crippen LogP contribution in [0.3, 0.4) is 0 Å². The van der Waals surface area contributed by atoms with Crippen molar-refractivity contribution in [3.63, 3.8) is 0 Å². The van der Waals surface area contributed by atoms with Crippen molar-refractivity contribution in [2.24, 2.45) is 0 Å². The molecule has 174 valence electrons. The van der Waals surface area contributed by atoms with Gasteiger partial charge in [-0.1, -0.05) is 44.5 Å². The summed E-state index contributed by atoms with van der Waals surface area (Å²) in [5, 5.41) is 9.87. The third-order valence-corrected chi connectivity index (χ3v) is 6.55. The molecular weight excluding hydrogens is 464 g/mol. The number of oxazole rings is 1. The van der Waals surface area contributed by atoms with Crippen molar-refractivity contribution in [1.29, 1.82) is 5.26 Å². The fourth-order valence-electron chi connectivity index (χ4n) is 3.33. The van der Waals surface area contributed by atoms with Gasteiger partial charge in [-0.25, -0.2) is 13.4 Å². The number of nitrogens with zero attached hydrogens (tertiary/aromatic N) is 2. The van der Waals surface area contributed by atoms with Crippen LogP contribution in [0.5, 0.6) is 11.5 Å². The molecule has 0 atom stereocenters. The van der Waals surface area contributed by atoms with Crippen LogP contribution in [0.1, 0.15) is 49.6 Å². The van der Waals surface area contributed by atoms with Crippen LogP contribution < -0.4 is 9.47 Å². The van der Waals surface area contributed by atoms with Gasteiger partial charge in [0.2, 0.25) is 0 Å². The van der Waals surface area contributed by atoms with E-state index in [-0.39, 0.29) is 17.4 Å². The van der Waals surface area contributed by atoms with E-state index in [1.807, 2.05) is 39.0 Å². The maximum Gasteiger partial charge on any atom is 0.200 e. The van der Waals surface area contributed by atoms with Gasteiger partial charge in [-0.2, -0.15) is 5.26 Å². The third kappa shape index (κ3) is 5.49. The summed E-state index contributed by atoms with van der Waals surface area (Å²) in [7, 11) is -3.50. The van der Waals surface area contributed by atoms with Gasteiger partial charge in [-0.05, 0) is 41.8 Å². The lowest BCUT2D eigenvalue weighted by molar-refractivity contribution is 0.265. The van der Waals surface area contributed by atoms with Crippen LogP contribution in [0.25, 0.3) is 0 Å². The van der Waals surface area contributed by atoms with E-state index in [1.165, 1.54) is 0 Å². The molecule has 7 nitrogen and oxygen atoms in total. The summed E-state index contributed by atoms with van der Waals surface area (Å²) >= 11 is 6.45. The van der Waals surface area contributed by atoms with E-state index in [0.29, 0.717) is 28.7 Å². The average molecular weight is 489 g/mol. The number of benzene rings is 2. The van der Waals surface area contributed by atoms with Crippen molar-refractivity contribution in [2.45, 2.75) is 44.2 Å². The van der Waals surface area contributed by atoms with Crippen LogP contribution in [0, 0.1) is 11.3 Å². The SMILES string of the molecule is CCCOc1c(Cl)cc(C(C)(C)c2ccc(OCc3ocnc3S(C)(=O)=O)cc2)cc1C#N. The standard InChI is InChI=1S/C24H25ClN2O5S/c1-5-10-30-22-16(13-26)11-18(12-20(22)25)24(2,3)17-6-8-19(9-7-17)31-14-21-23(27-15-32-21)33(4,28)29/h6-9,11-12,15H,5,10,14H2,1-4H3. The van der Waals surface area contributed by atoms with Gasteiger partial charge >= 0.3 is 0 Å². The molecule has 0 spiro atoms. The second kappa shape index (κ2) is 9.86. The average Bonchev–Trinajstić information content (AvgIpc) is 3.26. The van der Waals surface area contributed by atoms with Crippen LogP contribution in [0.4, 0.5) is 0 Å². The molecule has 0 saturated heterocycles. The Morgan fingerprint density at radius 3 is 2.45 bits per heavy atom. The van der Waals surface area contributed by atoms with Crippen molar-refractivity contribution in [1.82, 2.24) is 4.98 Å². The molecule has 0 aliphatic carbocycles. The number of aromatic nitrogens is 1. The van der Waals surface area contributed by atoms with Crippen molar-refractivity contribution in [2.75, 3.05) is 12.9 Å². The topological polar surface area (TPSA) is 102 Å². The molecule has 0 unspecified atom stereocenters. The van der Waals surface area contributed by atoms with Gasteiger partial charge in [0.25, 0.3) is 0 Å². The van der Waals surface area contributed by atoms with Gasteiger partial charge in [0.05, 0.1) is 17.2 Å². The predicted molar refractivity (Wildman–Crippen MR) is 124 cm³/mol. The zero-order valence-corrected chi connectivity index (χ0v) is 20.5. The van der Waals surface area contributed by atoms with Gasteiger partial charge < -0.3 is 13.9 Å². The quantitative estimate of drug-likeness (QED) is 0.402. The van der Waals surface area contributed by atoms with Crippen molar-refractivity contribution in [3.8, 4) is 17.6 Å². The zero-order chi connectivity index (χ0) is 24.2. The number of halogens is 1. The largest absolute Gasteiger partial charge is 0.491 e. The summed E-state index contributed by atoms with van der Waals surface area (Å²) in [6.07, 6.45) is 2.96. The third-order valence-electron chi connectivity index (χ3n) is 5.24. The molecule has 0 radical (unpaired) electrons. The minimum absolute atomic E-state index is 0.0640. The second-order valence-electron chi connectivity index (χ2n) is 8.09. The summed E-state index contributed by atoms with van der Waals surface area (Å²) in [5.74, 6) is 1.10. The zero-order valence-electron chi connectivity index (χ0n) is 18.9. The van der Waals surface area contributed by atoms with E-state index >= 15 is 0 Å². The highest BCUT2D eigenvalue weighted by atomic mass is 35.5. The van der Waals surface area contributed by atoms with Gasteiger partial charge in [0.15, 0.2) is 32.8 Å². The Hall–Kier alpha value is -3.02. The summed E-state index contributed by atoms with van der Waals surface area (Å²) < 4.78 is 40.0. The molecule has 0 fully saturated rings. The maximum absolute atomic E-state index is 11.7. The first-order valence-electron chi connectivity index (χ1n) is 10.3. The predicted octanol–water partition coefficient (Wildman–Crippen LogP) is 5.30. The van der Waals surface area contributed by atoms with Crippen LogP contribution >= 0.6 is 11.6 Å². The van der Waals surface area contributed by atoms with E-state index in [9.17, 15) is 13.7 Å². The number of hydrogen-bond acceptors (Lipinski definition) is 7. The summed E-state index contributed by atoms with van der Waals surface area (Å²) in [4.78, 5) is 3.75. The molecule has 33 heavy (non-hydrogen) atoms. The molecule has 0 saturated carbocycles. The number of sulfone groups is 1. The highest BCUT2D eigenvalue weighted by Gasteiger charge is 2.26. The second-order valence-corrected chi connectivity index (χ2v) is 10.4. The highest BCUT2D eigenvalue weighted by Crippen LogP contribution is 2.38. The molecule has 0 N–H and O–H groups in total. The maximum atomic E-state index is 11.7. The normalized spacial score (nSPS) is 11.8. The van der Waals surface area contributed by atoms with E-state index in [0.717, 1.165) is 30.2 Å². The first-order valence-corrected chi connectivity index (χ1v) is 12.6. The molecule has 1 heterocycles. The fraction of sp³-hybridized carbons (Fsp3) is 0.333. The fourth-order valence-corrected chi connectivity index (χ4v) is 4.36. The van der Waals surface area contributed by atoms with Crippen molar-refractivity contribution >= 4 is 21.4 Å². The van der Waals surface area contributed by atoms with E-state index < -0.39 is 15.3 Å². The summed E-state index contributed by atoms with van der Waals surface area (Å²) in [6.45, 7) is 6.48. The molecule has 0 aliphatic rings. The number of hydrogen-bond donors (Lipinski definition) is 0. The van der Waals surface area contributed by atoms with Crippen LogP contribution in [0.15, 0.2) is 52.2 Å². The lowest BCUT2D eigenvalue weighted by atomic mass is 9.77. The lowest BCUT2D eigenvalue weighted by Crippen LogP contribution is -2.19. The molecule has 3 rings (SSSR count). The molecule has 3 aromatic rings. The Kier molecular flexibility index (Phi) is 7.35. The van der Waals surface area contributed by atoms with Crippen LogP contribution in [-0.2, 0) is 21.9 Å². The monoisotopic (exact) mass is 488 g/mol. The smallest absolute Gasteiger partial charge is 0.200 e. The van der Waals surface area contributed by atoms with Gasteiger partial charge in [-0.3, -0.25) is 0 Å². The molecule has 2 aromatic carbocycles. The van der Waals surface area contributed by atoms with Gasteiger partial charge in [-0.15, -0.1) is 0 Å². The van der Waals surface area contributed by atoms with E-state index in [4.69, 9.17) is 25.5 Å². The number of nitriles is 1. The molecule has 9 heteroatoms. The molecule has 0 aliphatic heterocycles. The highest BCUT2D eigenvalue weighted by molar-refractivity contribution is 7.90. The molecule has 0 amide bonds. The van der Waals surface area contributed by atoms with E-state index in [1.54, 1.807) is 18.2 Å². The Morgan fingerprint density at radius 2 is 1.85 bits per heavy atom. The van der Waals surface area contributed by atoms with Gasteiger partial charge in [0, 0.05) is 11.7 Å². The number of rotatable bonds is 9. The lowest BCUT2D eigenvalue weighted by Gasteiger charge is -2.27. The molecular formula is C24H25ClN2O5S. The molecule has 1 aromatic heterocycles. The molecule has 0 bridgehead atoms. The summed E-state index contributed by atoms with van der Waals surface area (Å²) in [6, 6.07) is 13.2. The minimum Gasteiger partial charge on any atom is -0.491 e. The first kappa shape index (κ1) is 24.6. The Morgan fingerprint density at radius 1 is 1.15 bits per heavy atom. The summed E-state index contributed by atoms with van der Waals surface area (Å²) in [5.41, 5.74) is 1.80. The van der Waals surface area contributed by atoms with Crippen LogP contribution in [0.2, 0.25) is 5.02 Å². The Balaban J connectivity index is 1.81. The Bertz CT molecular complexity index is 1280. The number of ether oxygens (including phenoxy) is 2. The van der Waals surface area contributed by atoms with Gasteiger partial charge in [0.1, 0.15) is 18.4 Å². The minimum atomic E-state index is -3.50.